The molecule has 1 saturated heterocycles. The van der Waals surface area contributed by atoms with E-state index in [2.05, 4.69) is 50.6 Å². The number of benzene rings is 1. The van der Waals surface area contributed by atoms with E-state index in [0.29, 0.717) is 23.1 Å². The minimum atomic E-state index is 0.168. The van der Waals surface area contributed by atoms with Gasteiger partial charge in [-0.1, -0.05) is 42.1 Å². The molecule has 0 spiro atoms. The molecule has 1 fully saturated rings. The van der Waals surface area contributed by atoms with Crippen LogP contribution in [0.5, 0.6) is 0 Å². The molecule has 4 heterocycles. The predicted octanol–water partition coefficient (Wildman–Crippen LogP) is 4.07. The molecule has 0 unspecified atom stereocenters. The predicted molar refractivity (Wildman–Crippen MR) is 124 cm³/mol. The average molecular weight is 445 g/mol. The number of hydrogen-bond donors (Lipinski definition) is 0. The van der Waals surface area contributed by atoms with Gasteiger partial charge in [-0.3, -0.25) is 9.78 Å². The summed E-state index contributed by atoms with van der Waals surface area (Å²) in [5, 5.41) is 13.9. The van der Waals surface area contributed by atoms with Crippen LogP contribution in [0.15, 0.2) is 72.0 Å². The van der Waals surface area contributed by atoms with Gasteiger partial charge in [-0.15, -0.1) is 10.2 Å². The van der Waals surface area contributed by atoms with Crippen molar-refractivity contribution < 1.29 is 4.79 Å². The highest BCUT2D eigenvalue weighted by Crippen LogP contribution is 2.28. The van der Waals surface area contributed by atoms with Crippen molar-refractivity contribution in [1.29, 1.82) is 0 Å². The van der Waals surface area contributed by atoms with Crippen LogP contribution in [-0.4, -0.2) is 54.4 Å². The van der Waals surface area contributed by atoms with Crippen LogP contribution < -0.4 is 0 Å². The summed E-state index contributed by atoms with van der Waals surface area (Å²) in [6.45, 7) is 1.63. The zero-order valence-electron chi connectivity index (χ0n) is 17.7. The Morgan fingerprint density at radius 2 is 1.91 bits per heavy atom. The van der Waals surface area contributed by atoms with Crippen LogP contribution in [0.2, 0.25) is 0 Å². The molecular weight excluding hydrogens is 420 g/mol. The van der Waals surface area contributed by atoms with Gasteiger partial charge in [0.2, 0.25) is 5.91 Å². The second kappa shape index (κ2) is 9.48. The van der Waals surface area contributed by atoms with Crippen molar-refractivity contribution in [2.75, 3.05) is 18.8 Å². The Hall–Kier alpha value is -3.26. The van der Waals surface area contributed by atoms with Crippen LogP contribution in [0.3, 0.4) is 0 Å². The first kappa shape index (κ1) is 20.6. The Morgan fingerprint density at radius 3 is 2.75 bits per heavy atom. The van der Waals surface area contributed by atoms with Crippen LogP contribution in [-0.2, 0) is 4.79 Å². The van der Waals surface area contributed by atoms with Crippen molar-refractivity contribution in [3.8, 4) is 11.4 Å². The van der Waals surface area contributed by atoms with Gasteiger partial charge >= 0.3 is 0 Å². The van der Waals surface area contributed by atoms with Gasteiger partial charge in [-0.2, -0.15) is 9.61 Å². The summed E-state index contributed by atoms with van der Waals surface area (Å²) in [6.07, 6.45) is 6.64. The number of thioether (sulfide) groups is 1. The zero-order chi connectivity index (χ0) is 21.8. The minimum absolute atomic E-state index is 0.168. The maximum Gasteiger partial charge on any atom is 0.232 e. The molecule has 1 aliphatic heterocycles. The normalized spacial score (nSPS) is 16.8. The van der Waals surface area contributed by atoms with Gasteiger partial charge < -0.3 is 4.90 Å². The lowest BCUT2D eigenvalue weighted by molar-refractivity contribution is -0.128. The zero-order valence-corrected chi connectivity index (χ0v) is 18.5. The van der Waals surface area contributed by atoms with Crippen LogP contribution in [0.1, 0.15) is 30.7 Å². The highest BCUT2D eigenvalue weighted by Gasteiger charge is 2.22. The Balaban J connectivity index is 1.23. The van der Waals surface area contributed by atoms with E-state index in [9.17, 15) is 4.79 Å². The smallest absolute Gasteiger partial charge is 0.232 e. The van der Waals surface area contributed by atoms with Gasteiger partial charge in [0, 0.05) is 31.0 Å². The molecule has 32 heavy (non-hydrogen) atoms. The molecule has 3 aromatic heterocycles. The Kier molecular flexibility index (Phi) is 6.11. The third-order valence-electron chi connectivity index (χ3n) is 5.85. The number of fused-ring (bicyclic) bond motifs is 1. The molecule has 5 rings (SSSR count). The molecule has 1 atom stereocenters. The standard InChI is InChI=1S/C24H24N6OS/c31-23(29-14-5-9-19(12-15-29)18-6-2-1-3-7-18)17-32-22-11-10-21-26-27-24(30(21)28-22)20-8-4-13-25-16-20/h1-4,6-8,10-11,13,16,19H,5,9,12,14-15,17H2/t19-/m1/s1. The van der Waals surface area contributed by atoms with E-state index in [1.807, 2.05) is 29.2 Å². The van der Waals surface area contributed by atoms with Gasteiger partial charge in [0.15, 0.2) is 11.5 Å². The van der Waals surface area contributed by atoms with Crippen molar-refractivity contribution in [3.05, 3.63) is 72.6 Å². The van der Waals surface area contributed by atoms with Gasteiger partial charge in [0.1, 0.15) is 5.03 Å². The summed E-state index contributed by atoms with van der Waals surface area (Å²) >= 11 is 1.45. The molecule has 1 aromatic carbocycles. The Morgan fingerprint density at radius 1 is 1.00 bits per heavy atom. The molecule has 0 saturated carbocycles. The molecule has 0 radical (unpaired) electrons. The minimum Gasteiger partial charge on any atom is -0.342 e. The second-order valence-corrected chi connectivity index (χ2v) is 8.91. The first-order valence-electron chi connectivity index (χ1n) is 10.9. The molecule has 0 bridgehead atoms. The van der Waals surface area contributed by atoms with Crippen molar-refractivity contribution >= 4 is 23.3 Å². The number of nitrogens with zero attached hydrogens (tertiary/aromatic N) is 6. The lowest BCUT2D eigenvalue weighted by Crippen LogP contribution is -2.33. The van der Waals surface area contributed by atoms with E-state index in [1.54, 1.807) is 16.9 Å². The van der Waals surface area contributed by atoms with Gasteiger partial charge in [0.25, 0.3) is 0 Å². The number of amides is 1. The maximum absolute atomic E-state index is 12.9. The van der Waals surface area contributed by atoms with E-state index in [0.717, 1.165) is 42.9 Å². The van der Waals surface area contributed by atoms with Gasteiger partial charge in [-0.25, -0.2) is 0 Å². The molecular formula is C24H24N6OS. The number of hydrogen-bond acceptors (Lipinski definition) is 6. The summed E-state index contributed by atoms with van der Waals surface area (Å²) in [5.41, 5.74) is 2.90. The van der Waals surface area contributed by atoms with E-state index < -0.39 is 0 Å². The highest BCUT2D eigenvalue weighted by atomic mass is 32.2. The van der Waals surface area contributed by atoms with E-state index >= 15 is 0 Å². The van der Waals surface area contributed by atoms with E-state index in [-0.39, 0.29) is 5.91 Å². The molecule has 1 amide bonds. The number of carbonyl (C=O) groups is 1. The molecule has 7 nitrogen and oxygen atoms in total. The van der Waals surface area contributed by atoms with Gasteiger partial charge in [-0.05, 0) is 55.0 Å². The highest BCUT2D eigenvalue weighted by molar-refractivity contribution is 7.99. The van der Waals surface area contributed by atoms with Crippen molar-refractivity contribution in [2.45, 2.75) is 30.2 Å². The van der Waals surface area contributed by atoms with Crippen LogP contribution in [0, 0.1) is 0 Å². The molecule has 162 valence electrons. The summed E-state index contributed by atoms with van der Waals surface area (Å²) in [5.74, 6) is 1.72. The fraction of sp³-hybridized carbons (Fsp3) is 0.292. The molecule has 4 aromatic rings. The summed E-state index contributed by atoms with van der Waals surface area (Å²) < 4.78 is 1.71. The fourth-order valence-electron chi connectivity index (χ4n) is 4.16. The lowest BCUT2D eigenvalue weighted by atomic mass is 9.92. The van der Waals surface area contributed by atoms with Crippen molar-refractivity contribution in [2.24, 2.45) is 0 Å². The largest absolute Gasteiger partial charge is 0.342 e. The summed E-state index contributed by atoms with van der Waals surface area (Å²) in [6, 6.07) is 18.2. The van der Waals surface area contributed by atoms with E-state index in [1.165, 1.54) is 17.3 Å². The third kappa shape index (κ3) is 4.50. The molecule has 8 heteroatoms. The Labute approximate surface area is 190 Å². The number of aromatic nitrogens is 5. The van der Waals surface area contributed by atoms with Crippen LogP contribution >= 0.6 is 11.8 Å². The third-order valence-corrected chi connectivity index (χ3v) is 6.76. The van der Waals surface area contributed by atoms with E-state index in [4.69, 9.17) is 0 Å². The molecule has 1 aliphatic rings. The Bertz CT molecular complexity index is 1200. The number of pyridine rings is 1. The monoisotopic (exact) mass is 444 g/mol. The van der Waals surface area contributed by atoms with Crippen LogP contribution in [0.25, 0.3) is 17.0 Å². The maximum atomic E-state index is 12.9. The first-order valence-corrected chi connectivity index (χ1v) is 11.8. The SMILES string of the molecule is O=C(CSc1ccc2nnc(-c3cccnc3)n2n1)N1CCC[C@@H](c2ccccc2)CC1. The second-order valence-electron chi connectivity index (χ2n) is 7.91. The lowest BCUT2D eigenvalue weighted by Gasteiger charge is -2.20. The topological polar surface area (TPSA) is 76.3 Å². The average Bonchev–Trinajstić information content (AvgIpc) is 3.11. The van der Waals surface area contributed by atoms with Crippen LogP contribution in [0.4, 0.5) is 0 Å². The summed E-state index contributed by atoms with van der Waals surface area (Å²) in [7, 11) is 0. The number of rotatable bonds is 5. The summed E-state index contributed by atoms with van der Waals surface area (Å²) in [4.78, 5) is 19.1. The number of likely N-dealkylation sites (tertiary alicyclic amines) is 1. The number of carbonyl (C=O) groups excluding carboxylic acids is 1. The van der Waals surface area contributed by atoms with Crippen molar-refractivity contribution in [1.82, 2.24) is 29.7 Å². The molecule has 0 aliphatic carbocycles. The first-order chi connectivity index (χ1) is 15.8. The van der Waals surface area contributed by atoms with Crippen molar-refractivity contribution in [3.63, 3.8) is 0 Å². The molecule has 0 N–H and O–H groups in total. The quantitative estimate of drug-likeness (QED) is 0.432. The fourth-order valence-corrected chi connectivity index (χ4v) is 4.91. The van der Waals surface area contributed by atoms with Gasteiger partial charge in [0.05, 0.1) is 5.75 Å².